The van der Waals surface area contributed by atoms with Gasteiger partial charge >= 0.3 is 5.97 Å². The van der Waals surface area contributed by atoms with Gasteiger partial charge in [0, 0.05) is 5.02 Å². The second-order valence-electron chi connectivity index (χ2n) is 5.04. The first-order valence-corrected chi connectivity index (χ1v) is 7.68. The number of para-hydroxylation sites is 1. The van der Waals surface area contributed by atoms with Crippen LogP contribution in [0, 0.1) is 11.3 Å². The van der Waals surface area contributed by atoms with Gasteiger partial charge in [-0.2, -0.15) is 5.26 Å². The predicted octanol–water partition coefficient (Wildman–Crippen LogP) is 3.40. The fraction of sp³-hybridized carbons (Fsp3) is 0.167. The van der Waals surface area contributed by atoms with Crippen molar-refractivity contribution in [2.75, 3.05) is 12.4 Å². The number of methoxy groups -OCH3 is 1. The lowest BCUT2D eigenvalue weighted by Crippen LogP contribution is -2.30. The number of carbonyl (C=O) groups is 2. The van der Waals surface area contributed by atoms with Gasteiger partial charge in [-0.15, -0.1) is 0 Å². The van der Waals surface area contributed by atoms with Crippen LogP contribution in [0.1, 0.15) is 22.8 Å². The lowest BCUT2D eigenvalue weighted by Gasteiger charge is -2.15. The van der Waals surface area contributed by atoms with Crippen molar-refractivity contribution in [1.82, 2.24) is 0 Å². The van der Waals surface area contributed by atoms with E-state index in [-0.39, 0.29) is 11.3 Å². The summed E-state index contributed by atoms with van der Waals surface area (Å²) in [5.74, 6) is -1.01. The topological polar surface area (TPSA) is 88.4 Å². The van der Waals surface area contributed by atoms with Crippen LogP contribution in [0.15, 0.2) is 42.5 Å². The molecule has 2 rings (SSSR count). The first-order valence-electron chi connectivity index (χ1n) is 7.30. The normalized spacial score (nSPS) is 11.1. The molecule has 1 atom stereocenters. The maximum Gasteiger partial charge on any atom is 0.342 e. The smallest absolute Gasteiger partial charge is 0.342 e. The van der Waals surface area contributed by atoms with Crippen molar-refractivity contribution in [3.05, 3.63) is 58.6 Å². The molecule has 1 amide bonds. The number of anilines is 1. The Morgan fingerprint density at radius 1 is 1.24 bits per heavy atom. The van der Waals surface area contributed by atoms with Crippen LogP contribution in [0.25, 0.3) is 0 Å². The zero-order chi connectivity index (χ0) is 18.4. The molecule has 7 heteroatoms. The lowest BCUT2D eigenvalue weighted by molar-refractivity contribution is -0.123. The van der Waals surface area contributed by atoms with Crippen molar-refractivity contribution in [2.24, 2.45) is 0 Å². The Morgan fingerprint density at radius 3 is 2.64 bits per heavy atom. The minimum absolute atomic E-state index is 0.118. The molecule has 0 aliphatic carbocycles. The van der Waals surface area contributed by atoms with Crippen molar-refractivity contribution in [3.8, 4) is 11.8 Å². The van der Waals surface area contributed by atoms with Crippen LogP contribution in [0.4, 0.5) is 5.69 Å². The number of halogens is 1. The van der Waals surface area contributed by atoms with E-state index in [1.54, 1.807) is 30.3 Å². The molecule has 0 radical (unpaired) electrons. The summed E-state index contributed by atoms with van der Waals surface area (Å²) in [4.78, 5) is 24.5. The van der Waals surface area contributed by atoms with E-state index < -0.39 is 18.0 Å². The molecule has 128 valence electrons. The molecule has 2 aromatic carbocycles. The van der Waals surface area contributed by atoms with Gasteiger partial charge in [-0.25, -0.2) is 4.79 Å². The van der Waals surface area contributed by atoms with E-state index in [4.69, 9.17) is 26.3 Å². The molecule has 0 fully saturated rings. The molecule has 0 unspecified atom stereocenters. The summed E-state index contributed by atoms with van der Waals surface area (Å²) in [6.07, 6.45) is -1.08. The Hall–Kier alpha value is -3.04. The summed E-state index contributed by atoms with van der Waals surface area (Å²) < 4.78 is 10.3. The molecule has 1 N–H and O–H groups in total. The molecule has 0 aliphatic heterocycles. The van der Waals surface area contributed by atoms with Crippen LogP contribution in [-0.4, -0.2) is 25.1 Å². The molecule has 0 aromatic heterocycles. The molecule has 0 saturated heterocycles. The fourth-order valence-electron chi connectivity index (χ4n) is 2.04. The zero-order valence-corrected chi connectivity index (χ0v) is 14.3. The molecule has 2 aromatic rings. The Balaban J connectivity index is 2.10. The summed E-state index contributed by atoms with van der Waals surface area (Å²) in [6, 6.07) is 13.0. The van der Waals surface area contributed by atoms with Gasteiger partial charge in [0.25, 0.3) is 5.91 Å². The summed E-state index contributed by atoms with van der Waals surface area (Å²) in [5, 5.41) is 11.9. The van der Waals surface area contributed by atoms with Crippen LogP contribution >= 0.6 is 11.6 Å². The highest BCUT2D eigenvalue weighted by molar-refractivity contribution is 6.31. The highest BCUT2D eigenvalue weighted by Gasteiger charge is 2.22. The minimum atomic E-state index is -1.08. The molecule has 0 spiro atoms. The van der Waals surface area contributed by atoms with Gasteiger partial charge in [0.2, 0.25) is 0 Å². The average Bonchev–Trinajstić information content (AvgIpc) is 2.61. The zero-order valence-electron chi connectivity index (χ0n) is 13.6. The van der Waals surface area contributed by atoms with Gasteiger partial charge in [-0.1, -0.05) is 23.7 Å². The third kappa shape index (κ3) is 4.49. The maximum absolute atomic E-state index is 12.3. The Labute approximate surface area is 149 Å². The van der Waals surface area contributed by atoms with Gasteiger partial charge in [0.1, 0.15) is 17.4 Å². The minimum Gasteiger partial charge on any atom is -0.496 e. The number of rotatable bonds is 5. The molecule has 6 nitrogen and oxygen atoms in total. The van der Waals surface area contributed by atoms with E-state index in [0.717, 1.165) is 0 Å². The van der Waals surface area contributed by atoms with Gasteiger partial charge in [-0.05, 0) is 37.3 Å². The van der Waals surface area contributed by atoms with Crippen molar-refractivity contribution >= 4 is 29.2 Å². The largest absolute Gasteiger partial charge is 0.496 e. The summed E-state index contributed by atoms with van der Waals surface area (Å²) >= 11 is 5.88. The highest BCUT2D eigenvalue weighted by atomic mass is 35.5. The summed E-state index contributed by atoms with van der Waals surface area (Å²) in [5.41, 5.74) is 0.774. The number of benzene rings is 2. The Bertz CT molecular complexity index is 845. The lowest BCUT2D eigenvalue weighted by atomic mass is 10.2. The third-order valence-corrected chi connectivity index (χ3v) is 3.57. The fourth-order valence-corrected chi connectivity index (χ4v) is 2.21. The average molecular weight is 359 g/mol. The second-order valence-corrected chi connectivity index (χ2v) is 5.48. The first-order chi connectivity index (χ1) is 12.0. The van der Waals surface area contributed by atoms with Crippen molar-refractivity contribution < 1.29 is 19.1 Å². The monoisotopic (exact) mass is 358 g/mol. The number of nitriles is 1. The van der Waals surface area contributed by atoms with E-state index >= 15 is 0 Å². The van der Waals surface area contributed by atoms with Crippen LogP contribution in [-0.2, 0) is 9.53 Å². The van der Waals surface area contributed by atoms with E-state index in [0.29, 0.717) is 16.3 Å². The summed E-state index contributed by atoms with van der Waals surface area (Å²) in [6.45, 7) is 1.43. The van der Waals surface area contributed by atoms with E-state index in [2.05, 4.69) is 5.32 Å². The van der Waals surface area contributed by atoms with Crippen molar-refractivity contribution in [1.29, 1.82) is 5.26 Å². The van der Waals surface area contributed by atoms with Gasteiger partial charge in [0.05, 0.1) is 18.4 Å². The van der Waals surface area contributed by atoms with Gasteiger partial charge in [0.15, 0.2) is 6.10 Å². The van der Waals surface area contributed by atoms with Crippen LogP contribution in [0.2, 0.25) is 5.02 Å². The van der Waals surface area contributed by atoms with E-state index in [1.165, 1.54) is 26.2 Å². The third-order valence-electron chi connectivity index (χ3n) is 3.34. The predicted molar refractivity (Wildman–Crippen MR) is 92.7 cm³/mol. The van der Waals surface area contributed by atoms with Crippen molar-refractivity contribution in [2.45, 2.75) is 13.0 Å². The molecule has 0 saturated carbocycles. The number of esters is 1. The van der Waals surface area contributed by atoms with E-state index in [1.807, 2.05) is 6.07 Å². The Morgan fingerprint density at radius 2 is 1.96 bits per heavy atom. The molecule has 0 aliphatic rings. The number of carbonyl (C=O) groups excluding carboxylic acids is 2. The SMILES string of the molecule is COc1ccc(Cl)cc1C(=O)O[C@@H](C)C(=O)Nc1ccccc1C#N. The van der Waals surface area contributed by atoms with Gasteiger partial charge < -0.3 is 14.8 Å². The quantitative estimate of drug-likeness (QED) is 0.827. The van der Waals surface area contributed by atoms with Gasteiger partial charge in [-0.3, -0.25) is 4.79 Å². The van der Waals surface area contributed by atoms with Crippen LogP contribution < -0.4 is 10.1 Å². The molecule has 0 bridgehead atoms. The number of nitrogens with zero attached hydrogens (tertiary/aromatic N) is 1. The molecule has 25 heavy (non-hydrogen) atoms. The first kappa shape index (κ1) is 18.3. The maximum atomic E-state index is 12.3. The Kier molecular flexibility index (Phi) is 5.98. The second kappa shape index (κ2) is 8.18. The standard InChI is InChI=1S/C18H15ClN2O4/c1-11(17(22)21-15-6-4-3-5-12(15)10-20)25-18(23)14-9-13(19)7-8-16(14)24-2/h3-9,11H,1-2H3,(H,21,22)/t11-/m0/s1. The van der Waals surface area contributed by atoms with Crippen molar-refractivity contribution in [3.63, 3.8) is 0 Å². The number of nitrogens with one attached hydrogen (secondary N) is 1. The highest BCUT2D eigenvalue weighted by Crippen LogP contribution is 2.24. The van der Waals surface area contributed by atoms with Crippen LogP contribution in [0.3, 0.4) is 0 Å². The number of ether oxygens (including phenoxy) is 2. The number of amides is 1. The molecular weight excluding hydrogens is 344 g/mol. The van der Waals surface area contributed by atoms with Crippen LogP contribution in [0.5, 0.6) is 5.75 Å². The number of hydrogen-bond donors (Lipinski definition) is 1. The molecular formula is C18H15ClN2O4. The molecule has 0 heterocycles. The van der Waals surface area contributed by atoms with E-state index in [9.17, 15) is 9.59 Å². The summed E-state index contributed by atoms with van der Waals surface area (Å²) in [7, 11) is 1.41. The number of hydrogen-bond acceptors (Lipinski definition) is 5.